The first kappa shape index (κ1) is 11.4. The van der Waals surface area contributed by atoms with Gasteiger partial charge >= 0.3 is 0 Å². The Kier molecular flexibility index (Phi) is 4.90. The highest BCUT2D eigenvalue weighted by molar-refractivity contribution is 5.78. The van der Waals surface area contributed by atoms with Crippen LogP contribution in [0.2, 0.25) is 0 Å². The minimum atomic E-state index is 0.152. The summed E-state index contributed by atoms with van der Waals surface area (Å²) in [5.41, 5.74) is 0. The monoisotopic (exact) mass is 172 g/mol. The molecule has 0 aliphatic heterocycles. The smallest absolute Gasteiger partial charge is 0.236 e. The number of hydrogen-bond donors (Lipinski definition) is 1. The van der Waals surface area contributed by atoms with E-state index in [0.717, 1.165) is 0 Å². The molecule has 0 aliphatic carbocycles. The van der Waals surface area contributed by atoms with Gasteiger partial charge in [0.2, 0.25) is 5.91 Å². The minimum absolute atomic E-state index is 0.152. The Hall–Kier alpha value is -0.570. The van der Waals surface area contributed by atoms with Crippen molar-refractivity contribution in [1.29, 1.82) is 0 Å². The van der Waals surface area contributed by atoms with Crippen LogP contribution in [0, 0.1) is 5.92 Å². The van der Waals surface area contributed by atoms with Crippen molar-refractivity contribution in [2.24, 2.45) is 5.92 Å². The minimum Gasteiger partial charge on any atom is -0.342 e. The van der Waals surface area contributed by atoms with Gasteiger partial charge in [-0.15, -0.1) is 0 Å². The van der Waals surface area contributed by atoms with E-state index in [2.05, 4.69) is 26.1 Å². The van der Waals surface area contributed by atoms with E-state index in [-0.39, 0.29) is 5.91 Å². The Morgan fingerprint density at radius 3 is 2.25 bits per heavy atom. The van der Waals surface area contributed by atoms with Gasteiger partial charge in [0.25, 0.3) is 0 Å². The number of carbonyl (C=O) groups excluding carboxylic acids is 1. The second-order valence-corrected chi connectivity index (χ2v) is 3.52. The van der Waals surface area contributed by atoms with Crippen LogP contribution in [0.15, 0.2) is 0 Å². The second-order valence-electron chi connectivity index (χ2n) is 3.52. The molecule has 0 fully saturated rings. The highest BCUT2D eigenvalue weighted by Crippen LogP contribution is 2.07. The average molecular weight is 172 g/mol. The summed E-state index contributed by atoms with van der Waals surface area (Å²) in [6.07, 6.45) is 0. The second kappa shape index (κ2) is 5.14. The van der Waals surface area contributed by atoms with Crippen molar-refractivity contribution in [3.05, 3.63) is 0 Å². The molecular formula is C9H20N2O. The molecule has 0 aromatic rings. The molecule has 0 aromatic heterocycles. The summed E-state index contributed by atoms with van der Waals surface area (Å²) in [5.74, 6) is 0.662. The maximum atomic E-state index is 11.4. The summed E-state index contributed by atoms with van der Waals surface area (Å²) in [7, 11) is 3.64. The van der Waals surface area contributed by atoms with Crippen molar-refractivity contribution in [3.8, 4) is 0 Å². The quantitative estimate of drug-likeness (QED) is 0.677. The Morgan fingerprint density at radius 2 is 1.92 bits per heavy atom. The Balaban J connectivity index is 4.00. The number of nitrogens with zero attached hydrogens (tertiary/aromatic N) is 1. The lowest BCUT2D eigenvalue weighted by Crippen LogP contribution is -2.42. The fourth-order valence-electron chi connectivity index (χ4n) is 0.950. The van der Waals surface area contributed by atoms with E-state index in [9.17, 15) is 4.79 Å². The highest BCUT2D eigenvalue weighted by Gasteiger charge is 2.17. The molecule has 12 heavy (non-hydrogen) atoms. The summed E-state index contributed by atoms with van der Waals surface area (Å²) >= 11 is 0. The van der Waals surface area contributed by atoms with Gasteiger partial charge in [-0.25, -0.2) is 0 Å². The molecule has 0 bridgehead atoms. The summed E-state index contributed by atoms with van der Waals surface area (Å²) in [6.45, 7) is 6.73. The van der Waals surface area contributed by atoms with E-state index in [4.69, 9.17) is 0 Å². The van der Waals surface area contributed by atoms with Crippen LogP contribution in [-0.4, -0.2) is 37.5 Å². The number of carbonyl (C=O) groups is 1. The number of amides is 1. The third-order valence-electron chi connectivity index (χ3n) is 2.30. The maximum Gasteiger partial charge on any atom is 0.236 e. The summed E-state index contributed by atoms with van der Waals surface area (Å²) in [4.78, 5) is 13.1. The zero-order valence-corrected chi connectivity index (χ0v) is 8.72. The molecule has 0 spiro atoms. The molecule has 3 nitrogen and oxygen atoms in total. The van der Waals surface area contributed by atoms with Crippen LogP contribution in [0.3, 0.4) is 0 Å². The molecule has 0 saturated carbocycles. The van der Waals surface area contributed by atoms with Gasteiger partial charge in [0.1, 0.15) is 0 Å². The predicted molar refractivity (Wildman–Crippen MR) is 51.0 cm³/mol. The molecule has 1 atom stereocenters. The van der Waals surface area contributed by atoms with Crippen molar-refractivity contribution in [3.63, 3.8) is 0 Å². The Morgan fingerprint density at radius 1 is 1.42 bits per heavy atom. The topological polar surface area (TPSA) is 32.3 Å². The average Bonchev–Trinajstić information content (AvgIpc) is 2.02. The van der Waals surface area contributed by atoms with Gasteiger partial charge in [-0.3, -0.25) is 4.79 Å². The molecule has 0 aliphatic rings. The van der Waals surface area contributed by atoms with Gasteiger partial charge in [-0.1, -0.05) is 13.8 Å². The van der Waals surface area contributed by atoms with E-state index in [1.54, 1.807) is 11.9 Å². The normalized spacial score (nSPS) is 13.2. The van der Waals surface area contributed by atoms with E-state index in [1.165, 1.54) is 0 Å². The first-order chi connectivity index (χ1) is 5.50. The molecule has 3 heteroatoms. The predicted octanol–water partition coefficient (Wildman–Crippen LogP) is 0.709. The van der Waals surface area contributed by atoms with Crippen molar-refractivity contribution < 1.29 is 4.79 Å². The van der Waals surface area contributed by atoms with Crippen LogP contribution in [0.25, 0.3) is 0 Å². The molecule has 1 amide bonds. The molecule has 72 valence electrons. The molecule has 0 aromatic carbocycles. The van der Waals surface area contributed by atoms with Crippen LogP contribution in [0.5, 0.6) is 0 Å². The van der Waals surface area contributed by atoms with Gasteiger partial charge in [0, 0.05) is 13.1 Å². The highest BCUT2D eigenvalue weighted by atomic mass is 16.2. The Labute approximate surface area is 75.1 Å². The SMILES string of the molecule is CNCC(=O)N(C)C(C)C(C)C. The van der Waals surface area contributed by atoms with Gasteiger partial charge in [-0.05, 0) is 19.9 Å². The standard InChI is InChI=1S/C9H20N2O/c1-7(2)8(3)11(5)9(12)6-10-4/h7-8,10H,6H2,1-5H3. The number of likely N-dealkylation sites (N-methyl/N-ethyl adjacent to an activating group) is 2. The molecular weight excluding hydrogens is 152 g/mol. The van der Waals surface area contributed by atoms with Crippen LogP contribution in [-0.2, 0) is 4.79 Å². The van der Waals surface area contributed by atoms with Crippen LogP contribution >= 0.6 is 0 Å². The molecule has 1 N–H and O–H groups in total. The summed E-state index contributed by atoms with van der Waals surface area (Å²) in [5, 5.41) is 2.85. The van der Waals surface area contributed by atoms with Crippen LogP contribution < -0.4 is 5.32 Å². The first-order valence-corrected chi connectivity index (χ1v) is 4.41. The molecule has 0 saturated heterocycles. The Bertz CT molecular complexity index is 145. The molecule has 0 heterocycles. The number of rotatable bonds is 4. The molecule has 1 unspecified atom stereocenters. The van der Waals surface area contributed by atoms with Gasteiger partial charge in [0.15, 0.2) is 0 Å². The van der Waals surface area contributed by atoms with E-state index in [1.807, 2.05) is 7.05 Å². The maximum absolute atomic E-state index is 11.4. The fraction of sp³-hybridized carbons (Fsp3) is 0.889. The largest absolute Gasteiger partial charge is 0.342 e. The van der Waals surface area contributed by atoms with Crippen molar-refractivity contribution in [2.75, 3.05) is 20.6 Å². The number of hydrogen-bond acceptors (Lipinski definition) is 2. The van der Waals surface area contributed by atoms with E-state index >= 15 is 0 Å². The van der Waals surface area contributed by atoms with Crippen LogP contribution in [0.4, 0.5) is 0 Å². The summed E-state index contributed by atoms with van der Waals surface area (Å²) < 4.78 is 0. The molecule has 0 radical (unpaired) electrons. The van der Waals surface area contributed by atoms with Gasteiger partial charge in [0.05, 0.1) is 6.54 Å². The number of nitrogens with one attached hydrogen (secondary N) is 1. The zero-order chi connectivity index (χ0) is 9.72. The lowest BCUT2D eigenvalue weighted by atomic mass is 10.1. The third kappa shape index (κ3) is 3.22. The van der Waals surface area contributed by atoms with E-state index < -0.39 is 0 Å². The summed E-state index contributed by atoms with van der Waals surface area (Å²) in [6, 6.07) is 0.311. The zero-order valence-electron chi connectivity index (χ0n) is 8.72. The van der Waals surface area contributed by atoms with Gasteiger partial charge < -0.3 is 10.2 Å². The van der Waals surface area contributed by atoms with Gasteiger partial charge in [-0.2, -0.15) is 0 Å². The lowest BCUT2D eigenvalue weighted by Gasteiger charge is -2.27. The van der Waals surface area contributed by atoms with Crippen molar-refractivity contribution in [2.45, 2.75) is 26.8 Å². The van der Waals surface area contributed by atoms with Crippen molar-refractivity contribution >= 4 is 5.91 Å². The fourth-order valence-corrected chi connectivity index (χ4v) is 0.950. The van der Waals surface area contributed by atoms with Crippen LogP contribution in [0.1, 0.15) is 20.8 Å². The first-order valence-electron chi connectivity index (χ1n) is 4.41. The lowest BCUT2D eigenvalue weighted by molar-refractivity contribution is -0.131. The van der Waals surface area contributed by atoms with E-state index in [0.29, 0.717) is 18.5 Å². The molecule has 0 rings (SSSR count). The van der Waals surface area contributed by atoms with Crippen molar-refractivity contribution in [1.82, 2.24) is 10.2 Å². The third-order valence-corrected chi connectivity index (χ3v) is 2.30.